The zero-order chi connectivity index (χ0) is 13.6. The molecule has 17 heavy (non-hydrogen) atoms. The second-order valence-corrected chi connectivity index (χ2v) is 5.01. The SMILES string of the molecule is CC(C)[C@H](NC(=O)OC(C)(C)C)C(=O)C=[N+]=[N-]. The van der Waals surface area contributed by atoms with Crippen LogP contribution in [0.3, 0.4) is 0 Å². The molecule has 0 spiro atoms. The molecule has 0 aromatic carbocycles. The van der Waals surface area contributed by atoms with E-state index in [0.717, 1.165) is 6.21 Å². The van der Waals surface area contributed by atoms with Gasteiger partial charge >= 0.3 is 12.3 Å². The van der Waals surface area contributed by atoms with Crippen LogP contribution < -0.4 is 5.32 Å². The Balaban J connectivity index is 4.62. The molecule has 0 saturated carbocycles. The van der Waals surface area contributed by atoms with Crippen LogP contribution >= 0.6 is 0 Å². The van der Waals surface area contributed by atoms with E-state index in [0.29, 0.717) is 0 Å². The van der Waals surface area contributed by atoms with Gasteiger partial charge in [0.2, 0.25) is 0 Å². The molecule has 0 radical (unpaired) electrons. The van der Waals surface area contributed by atoms with Gasteiger partial charge in [-0.2, -0.15) is 4.79 Å². The molecular weight excluding hydrogens is 222 g/mol. The number of amides is 1. The predicted octanol–water partition coefficient (Wildman–Crippen LogP) is 1.41. The zero-order valence-corrected chi connectivity index (χ0v) is 10.9. The number of rotatable bonds is 4. The molecule has 6 heteroatoms. The number of hydrogen-bond donors (Lipinski definition) is 1. The van der Waals surface area contributed by atoms with Crippen LogP contribution in [0.1, 0.15) is 34.6 Å². The Bertz CT molecular complexity index is 338. The molecule has 0 fully saturated rings. The van der Waals surface area contributed by atoms with Gasteiger partial charge in [-0.1, -0.05) is 13.8 Å². The number of ketones is 1. The van der Waals surface area contributed by atoms with Gasteiger partial charge < -0.3 is 15.6 Å². The van der Waals surface area contributed by atoms with Gasteiger partial charge in [-0.15, -0.1) is 0 Å². The minimum atomic E-state index is -0.763. The van der Waals surface area contributed by atoms with E-state index in [-0.39, 0.29) is 5.92 Å². The maximum atomic E-state index is 11.5. The van der Waals surface area contributed by atoms with Crippen LogP contribution in [0.4, 0.5) is 4.79 Å². The van der Waals surface area contributed by atoms with Crippen LogP contribution in [0, 0.1) is 5.92 Å². The van der Waals surface area contributed by atoms with Crippen molar-refractivity contribution in [1.82, 2.24) is 5.32 Å². The summed E-state index contributed by atoms with van der Waals surface area (Å²) in [6.45, 7) is 8.73. The number of nitrogens with zero attached hydrogens (tertiary/aromatic N) is 2. The molecule has 0 bridgehead atoms. The molecular formula is C11H19N3O3. The summed E-state index contributed by atoms with van der Waals surface area (Å²) in [7, 11) is 0. The minimum Gasteiger partial charge on any atom is -0.444 e. The van der Waals surface area contributed by atoms with Crippen molar-refractivity contribution in [3.05, 3.63) is 5.53 Å². The van der Waals surface area contributed by atoms with E-state index in [2.05, 4.69) is 10.1 Å². The molecule has 0 aromatic rings. The molecule has 0 unspecified atom stereocenters. The largest absolute Gasteiger partial charge is 0.444 e. The molecule has 1 atom stereocenters. The van der Waals surface area contributed by atoms with Gasteiger partial charge in [0.25, 0.3) is 5.78 Å². The molecule has 1 N–H and O–H groups in total. The van der Waals surface area contributed by atoms with Gasteiger partial charge in [0.05, 0.1) is 0 Å². The van der Waals surface area contributed by atoms with E-state index in [1.54, 1.807) is 34.6 Å². The van der Waals surface area contributed by atoms with E-state index in [4.69, 9.17) is 10.3 Å². The highest BCUT2D eigenvalue weighted by Crippen LogP contribution is 2.08. The summed E-state index contributed by atoms with van der Waals surface area (Å²) in [5.74, 6) is -0.610. The number of carbonyl (C=O) groups excluding carboxylic acids is 2. The molecule has 96 valence electrons. The summed E-state index contributed by atoms with van der Waals surface area (Å²) in [6, 6.07) is -0.763. The first kappa shape index (κ1) is 15.3. The number of alkyl carbamates (subject to hydrolysis) is 1. The van der Waals surface area contributed by atoms with Crippen molar-refractivity contribution in [2.45, 2.75) is 46.3 Å². The third-order valence-corrected chi connectivity index (χ3v) is 1.83. The van der Waals surface area contributed by atoms with E-state index < -0.39 is 23.5 Å². The second kappa shape index (κ2) is 6.15. The van der Waals surface area contributed by atoms with Crippen molar-refractivity contribution < 1.29 is 19.1 Å². The fourth-order valence-corrected chi connectivity index (χ4v) is 1.14. The Morgan fingerprint density at radius 2 is 1.88 bits per heavy atom. The van der Waals surface area contributed by atoms with Gasteiger partial charge in [-0.05, 0) is 26.7 Å². The molecule has 0 aliphatic heterocycles. The Kier molecular flexibility index (Phi) is 5.55. The van der Waals surface area contributed by atoms with E-state index in [1.807, 2.05) is 0 Å². The van der Waals surface area contributed by atoms with Crippen LogP contribution in [0.15, 0.2) is 0 Å². The van der Waals surface area contributed by atoms with Gasteiger partial charge in [0.15, 0.2) is 0 Å². The second-order valence-electron chi connectivity index (χ2n) is 5.01. The Labute approximate surface area is 101 Å². The lowest BCUT2D eigenvalue weighted by molar-refractivity contribution is -0.118. The van der Waals surface area contributed by atoms with Crippen molar-refractivity contribution in [3.8, 4) is 0 Å². The monoisotopic (exact) mass is 241 g/mol. The highest BCUT2D eigenvalue weighted by atomic mass is 16.6. The topological polar surface area (TPSA) is 91.8 Å². The first-order valence-electron chi connectivity index (χ1n) is 5.38. The number of hydrogen-bond acceptors (Lipinski definition) is 3. The summed E-state index contributed by atoms with van der Waals surface area (Å²) in [4.78, 5) is 25.7. The standard InChI is InChI=1S/C11H19N3O3/c1-7(2)9(8(15)6-13-12)14-10(16)17-11(3,4)5/h6-7,9H,1-5H3,(H,14,16)/t9-/m0/s1. The first-order chi connectivity index (χ1) is 7.67. The smallest absolute Gasteiger partial charge is 0.408 e. The molecule has 0 rings (SSSR count). The fourth-order valence-electron chi connectivity index (χ4n) is 1.14. The highest BCUT2D eigenvalue weighted by Gasteiger charge is 2.27. The van der Waals surface area contributed by atoms with Crippen molar-refractivity contribution in [2.24, 2.45) is 5.92 Å². The lowest BCUT2D eigenvalue weighted by atomic mass is 10.0. The Hall–Kier alpha value is -1.68. The zero-order valence-electron chi connectivity index (χ0n) is 10.9. The van der Waals surface area contributed by atoms with E-state index >= 15 is 0 Å². The summed E-state index contributed by atoms with van der Waals surface area (Å²) in [5.41, 5.74) is 7.67. The van der Waals surface area contributed by atoms with Crippen LogP contribution in [0.2, 0.25) is 0 Å². The average Bonchev–Trinajstić information content (AvgIpc) is 2.11. The lowest BCUT2D eigenvalue weighted by Crippen LogP contribution is -2.46. The van der Waals surface area contributed by atoms with Gasteiger partial charge in [0.1, 0.15) is 11.6 Å². The molecule has 1 amide bonds. The predicted molar refractivity (Wildman–Crippen MR) is 62.7 cm³/mol. The molecule has 0 aromatic heterocycles. The molecule has 0 aliphatic rings. The number of nitrogens with one attached hydrogen (secondary N) is 1. The average molecular weight is 241 g/mol. The third-order valence-electron chi connectivity index (χ3n) is 1.83. The van der Waals surface area contributed by atoms with E-state index in [9.17, 15) is 9.59 Å². The quantitative estimate of drug-likeness (QED) is 0.458. The summed E-state index contributed by atoms with van der Waals surface area (Å²) < 4.78 is 5.04. The maximum Gasteiger partial charge on any atom is 0.408 e. The van der Waals surface area contributed by atoms with Crippen LogP contribution in [0.5, 0.6) is 0 Å². The van der Waals surface area contributed by atoms with Crippen molar-refractivity contribution in [1.29, 1.82) is 0 Å². The third kappa shape index (κ3) is 6.48. The van der Waals surface area contributed by atoms with Gasteiger partial charge in [0, 0.05) is 0 Å². The molecule has 0 heterocycles. The molecule has 6 nitrogen and oxygen atoms in total. The number of ether oxygens (including phenoxy) is 1. The molecule has 0 saturated heterocycles. The summed E-state index contributed by atoms with van der Waals surface area (Å²) >= 11 is 0. The maximum absolute atomic E-state index is 11.5. The van der Waals surface area contributed by atoms with Crippen molar-refractivity contribution >= 4 is 18.1 Å². The molecule has 0 aliphatic carbocycles. The number of Topliss-reactive ketones (excluding diaryl/α,β-unsaturated/α-hetero) is 1. The fraction of sp³-hybridized carbons (Fsp3) is 0.727. The lowest BCUT2D eigenvalue weighted by Gasteiger charge is -2.23. The van der Waals surface area contributed by atoms with E-state index in [1.165, 1.54) is 0 Å². The Morgan fingerprint density at radius 1 is 1.35 bits per heavy atom. The van der Waals surface area contributed by atoms with Crippen LogP contribution in [-0.2, 0) is 9.53 Å². The minimum absolute atomic E-state index is 0.131. The highest BCUT2D eigenvalue weighted by molar-refractivity contribution is 6.28. The number of carbonyl (C=O) groups is 2. The summed E-state index contributed by atoms with van der Waals surface area (Å²) in [5, 5.41) is 2.44. The van der Waals surface area contributed by atoms with Crippen LogP contribution in [0.25, 0.3) is 5.53 Å². The normalized spacial score (nSPS) is 12.6. The first-order valence-corrected chi connectivity index (χ1v) is 5.38. The van der Waals surface area contributed by atoms with Crippen molar-refractivity contribution in [2.75, 3.05) is 0 Å². The van der Waals surface area contributed by atoms with Gasteiger partial charge in [-0.3, -0.25) is 4.79 Å². The van der Waals surface area contributed by atoms with Crippen molar-refractivity contribution in [3.63, 3.8) is 0 Å². The summed E-state index contributed by atoms with van der Waals surface area (Å²) in [6.07, 6.45) is 0.0954. The Morgan fingerprint density at radius 3 is 2.24 bits per heavy atom. The van der Waals surface area contributed by atoms with Gasteiger partial charge in [-0.25, -0.2) is 4.79 Å². The van der Waals surface area contributed by atoms with Crippen LogP contribution in [-0.4, -0.2) is 34.5 Å².